The molecule has 0 amide bonds. The summed E-state index contributed by atoms with van der Waals surface area (Å²) >= 11 is 0. The first-order valence-corrected chi connectivity index (χ1v) is 10.3. The van der Waals surface area contributed by atoms with E-state index in [1.54, 1.807) is 6.20 Å². The Morgan fingerprint density at radius 2 is 1.90 bits per heavy atom. The molecule has 0 radical (unpaired) electrons. The third kappa shape index (κ3) is 5.09. The largest absolute Gasteiger partial charge is 0.473 e. The van der Waals surface area contributed by atoms with Crippen LogP contribution in [0, 0.1) is 0 Å². The van der Waals surface area contributed by atoms with Gasteiger partial charge >= 0.3 is 0 Å². The van der Waals surface area contributed by atoms with Crippen molar-refractivity contribution in [3.63, 3.8) is 0 Å². The molecule has 0 atom stereocenters. The van der Waals surface area contributed by atoms with Gasteiger partial charge in [-0.25, -0.2) is 4.98 Å². The van der Waals surface area contributed by atoms with Crippen LogP contribution in [0.25, 0.3) is 16.7 Å². The lowest BCUT2D eigenvalue weighted by atomic mass is 10.0. The molecular formula is C25H27N3O. The summed E-state index contributed by atoms with van der Waals surface area (Å²) in [5.74, 6) is 0.677. The van der Waals surface area contributed by atoms with E-state index in [1.165, 1.54) is 18.5 Å². The minimum absolute atomic E-state index is 0.507. The highest BCUT2D eigenvalue weighted by atomic mass is 16.5. The third-order valence-electron chi connectivity index (χ3n) is 5.22. The van der Waals surface area contributed by atoms with Crippen molar-refractivity contribution < 1.29 is 4.74 Å². The lowest BCUT2D eigenvalue weighted by molar-refractivity contribution is 0.292. The highest BCUT2D eigenvalue weighted by molar-refractivity contribution is 5.64. The smallest absolute Gasteiger partial charge is 0.214 e. The summed E-state index contributed by atoms with van der Waals surface area (Å²) in [6.45, 7) is 6.02. The van der Waals surface area contributed by atoms with Gasteiger partial charge in [-0.15, -0.1) is 0 Å². The van der Waals surface area contributed by atoms with Gasteiger partial charge in [0.15, 0.2) is 0 Å². The molecule has 4 nitrogen and oxygen atoms in total. The average Bonchev–Trinajstić information content (AvgIpc) is 2.80. The van der Waals surface area contributed by atoms with E-state index >= 15 is 0 Å². The number of aromatic nitrogens is 2. The standard InChI is InChI=1S/C25H27N3O/c1-2-15-28-16-12-22(13-17-28)24-6-3-7-25(27-24)29-19-20-8-10-21(11-9-20)23-5-4-14-26-18-23/h3-12,14,18H,2,13,15-17,19H2,1H3. The Morgan fingerprint density at radius 3 is 2.62 bits per heavy atom. The van der Waals surface area contributed by atoms with Crippen LogP contribution in [0.5, 0.6) is 5.88 Å². The first kappa shape index (κ1) is 19.3. The van der Waals surface area contributed by atoms with Crippen molar-refractivity contribution >= 4 is 5.57 Å². The van der Waals surface area contributed by atoms with Gasteiger partial charge in [0.2, 0.25) is 5.88 Å². The molecule has 29 heavy (non-hydrogen) atoms. The number of ether oxygens (including phenoxy) is 1. The summed E-state index contributed by atoms with van der Waals surface area (Å²) in [5.41, 5.74) is 5.75. The molecule has 148 valence electrons. The fourth-order valence-corrected chi connectivity index (χ4v) is 3.62. The van der Waals surface area contributed by atoms with E-state index in [1.807, 2.05) is 24.4 Å². The summed E-state index contributed by atoms with van der Waals surface area (Å²) in [5, 5.41) is 0. The predicted octanol–water partition coefficient (Wildman–Crippen LogP) is 5.22. The molecule has 0 saturated carbocycles. The number of hydrogen-bond donors (Lipinski definition) is 0. The minimum Gasteiger partial charge on any atom is -0.473 e. The molecule has 1 aliphatic heterocycles. The first-order valence-electron chi connectivity index (χ1n) is 10.3. The maximum Gasteiger partial charge on any atom is 0.214 e. The maximum absolute atomic E-state index is 5.97. The summed E-state index contributed by atoms with van der Waals surface area (Å²) in [6, 6.07) is 18.5. The molecule has 4 rings (SSSR count). The third-order valence-corrected chi connectivity index (χ3v) is 5.22. The molecule has 2 aromatic heterocycles. The molecule has 0 bridgehead atoms. The second-order valence-electron chi connectivity index (χ2n) is 7.37. The molecule has 0 unspecified atom stereocenters. The van der Waals surface area contributed by atoms with Gasteiger partial charge in [-0.05, 0) is 53.8 Å². The summed E-state index contributed by atoms with van der Waals surface area (Å²) in [4.78, 5) is 11.4. The van der Waals surface area contributed by atoms with Crippen LogP contribution < -0.4 is 4.74 Å². The van der Waals surface area contributed by atoms with Gasteiger partial charge in [0.1, 0.15) is 6.61 Å². The van der Waals surface area contributed by atoms with Crippen LogP contribution in [-0.2, 0) is 6.61 Å². The van der Waals surface area contributed by atoms with Crippen molar-refractivity contribution in [2.24, 2.45) is 0 Å². The fourth-order valence-electron chi connectivity index (χ4n) is 3.62. The second-order valence-corrected chi connectivity index (χ2v) is 7.37. The number of hydrogen-bond acceptors (Lipinski definition) is 4. The molecular weight excluding hydrogens is 358 g/mol. The maximum atomic E-state index is 5.97. The zero-order valence-electron chi connectivity index (χ0n) is 16.9. The number of pyridine rings is 2. The van der Waals surface area contributed by atoms with Crippen LogP contribution in [0.15, 0.2) is 73.1 Å². The van der Waals surface area contributed by atoms with Crippen molar-refractivity contribution in [2.75, 3.05) is 19.6 Å². The number of benzene rings is 1. The van der Waals surface area contributed by atoms with E-state index in [0.717, 1.165) is 41.9 Å². The Morgan fingerprint density at radius 1 is 1.00 bits per heavy atom. The molecule has 1 aromatic carbocycles. The van der Waals surface area contributed by atoms with Gasteiger partial charge in [0.05, 0.1) is 5.69 Å². The highest BCUT2D eigenvalue weighted by Crippen LogP contribution is 2.23. The molecule has 0 N–H and O–H groups in total. The molecule has 0 aliphatic carbocycles. The van der Waals surface area contributed by atoms with Crippen LogP contribution in [0.1, 0.15) is 31.0 Å². The van der Waals surface area contributed by atoms with Gasteiger partial charge in [-0.1, -0.05) is 49.4 Å². The Hall–Kier alpha value is -2.98. The monoisotopic (exact) mass is 385 g/mol. The quantitative estimate of drug-likeness (QED) is 0.559. The van der Waals surface area contributed by atoms with Gasteiger partial charge in [-0.2, -0.15) is 0 Å². The molecule has 0 spiro atoms. The second kappa shape index (κ2) is 9.48. The van der Waals surface area contributed by atoms with E-state index in [9.17, 15) is 0 Å². The highest BCUT2D eigenvalue weighted by Gasteiger charge is 2.13. The number of rotatable bonds is 7. The van der Waals surface area contributed by atoms with Crippen LogP contribution in [0.4, 0.5) is 0 Å². The van der Waals surface area contributed by atoms with Gasteiger partial charge in [-0.3, -0.25) is 9.88 Å². The normalized spacial score (nSPS) is 14.4. The van der Waals surface area contributed by atoms with Crippen LogP contribution in [0.3, 0.4) is 0 Å². The van der Waals surface area contributed by atoms with Gasteiger partial charge in [0, 0.05) is 31.5 Å². The first-order chi connectivity index (χ1) is 14.3. The van der Waals surface area contributed by atoms with Crippen LogP contribution >= 0.6 is 0 Å². The predicted molar refractivity (Wildman–Crippen MR) is 118 cm³/mol. The van der Waals surface area contributed by atoms with Crippen molar-refractivity contribution in [1.82, 2.24) is 14.9 Å². The minimum atomic E-state index is 0.507. The van der Waals surface area contributed by atoms with Gasteiger partial charge in [0.25, 0.3) is 0 Å². The Kier molecular flexibility index (Phi) is 6.32. The van der Waals surface area contributed by atoms with E-state index in [-0.39, 0.29) is 0 Å². The molecule has 0 saturated heterocycles. The molecule has 4 heteroatoms. The lowest BCUT2D eigenvalue weighted by Gasteiger charge is -2.25. The number of nitrogens with zero attached hydrogens (tertiary/aromatic N) is 3. The van der Waals surface area contributed by atoms with E-state index in [4.69, 9.17) is 9.72 Å². The molecule has 3 aromatic rings. The van der Waals surface area contributed by atoms with Gasteiger partial charge < -0.3 is 4.74 Å². The SMILES string of the molecule is CCCN1CC=C(c2cccc(OCc3ccc(-c4cccnc4)cc3)n2)CC1. The summed E-state index contributed by atoms with van der Waals surface area (Å²) in [7, 11) is 0. The average molecular weight is 386 g/mol. The summed E-state index contributed by atoms with van der Waals surface area (Å²) < 4.78 is 5.97. The van der Waals surface area contributed by atoms with E-state index < -0.39 is 0 Å². The van der Waals surface area contributed by atoms with Crippen molar-refractivity contribution in [3.8, 4) is 17.0 Å². The molecule has 3 heterocycles. The molecule has 1 aliphatic rings. The topological polar surface area (TPSA) is 38.2 Å². The Balaban J connectivity index is 1.37. The van der Waals surface area contributed by atoms with Crippen LogP contribution in [-0.4, -0.2) is 34.5 Å². The van der Waals surface area contributed by atoms with E-state index in [2.05, 4.69) is 59.3 Å². The lowest BCUT2D eigenvalue weighted by Crippen LogP contribution is -2.29. The van der Waals surface area contributed by atoms with Crippen LogP contribution in [0.2, 0.25) is 0 Å². The zero-order valence-corrected chi connectivity index (χ0v) is 16.9. The zero-order chi connectivity index (χ0) is 19.9. The van der Waals surface area contributed by atoms with Crippen molar-refractivity contribution in [1.29, 1.82) is 0 Å². The van der Waals surface area contributed by atoms with E-state index in [0.29, 0.717) is 12.5 Å². The summed E-state index contributed by atoms with van der Waals surface area (Å²) in [6.07, 6.45) is 8.22. The van der Waals surface area contributed by atoms with Crippen molar-refractivity contribution in [2.45, 2.75) is 26.4 Å². The van der Waals surface area contributed by atoms with Crippen molar-refractivity contribution in [3.05, 3.63) is 84.3 Å². The molecule has 0 fully saturated rings. The fraction of sp³-hybridized carbons (Fsp3) is 0.280. The Labute approximate surface area is 172 Å². The Bertz CT molecular complexity index is 951.